The van der Waals surface area contributed by atoms with Crippen LogP contribution in [0.4, 0.5) is 0 Å². The highest BCUT2D eigenvalue weighted by Gasteiger charge is 2.24. The van der Waals surface area contributed by atoms with Crippen molar-refractivity contribution in [3.8, 4) is 5.75 Å². The molecular formula is C16H21NO4. The molecule has 1 aromatic rings. The molecule has 0 aliphatic heterocycles. The second-order valence-electron chi connectivity index (χ2n) is 5.73. The molecule has 0 bridgehead atoms. The Morgan fingerprint density at radius 2 is 1.86 bits per heavy atom. The van der Waals surface area contributed by atoms with E-state index in [0.717, 1.165) is 18.6 Å². The van der Waals surface area contributed by atoms with E-state index in [1.807, 2.05) is 0 Å². The van der Waals surface area contributed by atoms with Crippen LogP contribution < -0.4 is 10.1 Å². The van der Waals surface area contributed by atoms with Gasteiger partial charge in [-0.1, -0.05) is 13.8 Å². The van der Waals surface area contributed by atoms with Crippen LogP contribution in [-0.2, 0) is 4.79 Å². The van der Waals surface area contributed by atoms with E-state index in [-0.39, 0.29) is 11.8 Å². The van der Waals surface area contributed by atoms with Gasteiger partial charge in [-0.3, -0.25) is 4.79 Å². The molecule has 5 heteroatoms. The fourth-order valence-corrected chi connectivity index (χ4v) is 2.10. The van der Waals surface area contributed by atoms with Crippen LogP contribution in [0.25, 0.3) is 0 Å². The van der Waals surface area contributed by atoms with E-state index in [9.17, 15) is 9.59 Å². The van der Waals surface area contributed by atoms with Crippen LogP contribution in [0.15, 0.2) is 24.3 Å². The summed E-state index contributed by atoms with van der Waals surface area (Å²) in [6.45, 7) is 3.52. The van der Waals surface area contributed by atoms with E-state index in [1.54, 1.807) is 38.1 Å². The van der Waals surface area contributed by atoms with E-state index >= 15 is 0 Å². The predicted octanol–water partition coefficient (Wildman–Crippen LogP) is 2.46. The minimum Gasteiger partial charge on any atom is -0.490 e. The van der Waals surface area contributed by atoms with Crippen LogP contribution in [0, 0.1) is 5.92 Å². The van der Waals surface area contributed by atoms with Gasteiger partial charge >= 0.3 is 5.97 Å². The lowest BCUT2D eigenvalue weighted by atomic mass is 9.96. The van der Waals surface area contributed by atoms with E-state index in [4.69, 9.17) is 9.84 Å². The van der Waals surface area contributed by atoms with Gasteiger partial charge in [0, 0.05) is 5.56 Å². The van der Waals surface area contributed by atoms with Crippen LogP contribution in [0.1, 0.15) is 43.5 Å². The van der Waals surface area contributed by atoms with Gasteiger partial charge in [0.25, 0.3) is 5.91 Å². The summed E-state index contributed by atoms with van der Waals surface area (Å²) in [5.41, 5.74) is 0.433. The topological polar surface area (TPSA) is 75.6 Å². The molecule has 2 N–H and O–H groups in total. The van der Waals surface area contributed by atoms with Crippen LogP contribution in [0.3, 0.4) is 0 Å². The number of rotatable bonds is 6. The maximum absolute atomic E-state index is 12.0. The zero-order valence-electron chi connectivity index (χ0n) is 12.3. The number of carbonyl (C=O) groups excluding carboxylic acids is 1. The second kappa shape index (κ2) is 6.61. The summed E-state index contributed by atoms with van der Waals surface area (Å²) in [4.78, 5) is 23.1. The Kier molecular flexibility index (Phi) is 4.83. The molecule has 114 valence electrons. The quantitative estimate of drug-likeness (QED) is 0.844. The minimum atomic E-state index is -1.02. The standard InChI is InChI=1S/C16H21NO4/c1-10(2)14(16(19)20)17-15(18)11-6-8-13(9-7-11)21-12-4-3-5-12/h6-10,12,14H,3-5H2,1-2H3,(H,17,18)(H,19,20)/t14-/m0/s1. The highest BCUT2D eigenvalue weighted by Crippen LogP contribution is 2.25. The molecule has 1 atom stereocenters. The average Bonchev–Trinajstić information content (AvgIpc) is 2.40. The molecule has 1 aromatic carbocycles. The van der Waals surface area contributed by atoms with E-state index in [1.165, 1.54) is 6.42 Å². The number of ether oxygens (including phenoxy) is 1. The monoisotopic (exact) mass is 291 g/mol. The normalized spacial score (nSPS) is 16.1. The highest BCUT2D eigenvalue weighted by atomic mass is 16.5. The predicted molar refractivity (Wildman–Crippen MR) is 78.4 cm³/mol. The number of carbonyl (C=O) groups is 2. The van der Waals surface area contributed by atoms with Crippen LogP contribution in [0.2, 0.25) is 0 Å². The molecule has 0 spiro atoms. The molecule has 21 heavy (non-hydrogen) atoms. The smallest absolute Gasteiger partial charge is 0.326 e. The Labute approximate surface area is 124 Å². The summed E-state index contributed by atoms with van der Waals surface area (Å²) in [5.74, 6) is -0.836. The maximum atomic E-state index is 12.0. The summed E-state index contributed by atoms with van der Waals surface area (Å²) >= 11 is 0. The Bertz CT molecular complexity index is 506. The van der Waals surface area contributed by atoms with Gasteiger partial charge < -0.3 is 15.2 Å². The summed E-state index contributed by atoms with van der Waals surface area (Å²) in [6.07, 6.45) is 3.66. The number of nitrogens with one attached hydrogen (secondary N) is 1. The van der Waals surface area contributed by atoms with Gasteiger partial charge in [-0.05, 0) is 49.4 Å². The maximum Gasteiger partial charge on any atom is 0.326 e. The Balaban J connectivity index is 1.96. The number of hydrogen-bond acceptors (Lipinski definition) is 3. The molecule has 5 nitrogen and oxygen atoms in total. The fourth-order valence-electron chi connectivity index (χ4n) is 2.10. The molecule has 1 amide bonds. The van der Waals surface area contributed by atoms with Crippen molar-refractivity contribution in [2.75, 3.05) is 0 Å². The molecular weight excluding hydrogens is 270 g/mol. The van der Waals surface area contributed by atoms with Crippen molar-refractivity contribution in [1.29, 1.82) is 0 Å². The van der Waals surface area contributed by atoms with Crippen molar-refractivity contribution in [3.63, 3.8) is 0 Å². The van der Waals surface area contributed by atoms with Gasteiger partial charge in [-0.2, -0.15) is 0 Å². The number of carboxylic acid groups (broad SMARTS) is 1. The number of amides is 1. The minimum absolute atomic E-state index is 0.173. The van der Waals surface area contributed by atoms with E-state index < -0.39 is 12.0 Å². The Morgan fingerprint density at radius 1 is 1.24 bits per heavy atom. The Morgan fingerprint density at radius 3 is 2.29 bits per heavy atom. The molecule has 0 heterocycles. The Hall–Kier alpha value is -2.04. The lowest BCUT2D eigenvalue weighted by Gasteiger charge is -2.26. The summed E-state index contributed by atoms with van der Waals surface area (Å²) < 4.78 is 5.72. The second-order valence-corrected chi connectivity index (χ2v) is 5.73. The molecule has 1 aliphatic rings. The van der Waals surface area contributed by atoms with E-state index in [0.29, 0.717) is 11.7 Å². The van der Waals surface area contributed by atoms with Gasteiger partial charge in [0.05, 0.1) is 6.10 Å². The molecule has 0 saturated heterocycles. The van der Waals surface area contributed by atoms with Crippen molar-refractivity contribution >= 4 is 11.9 Å². The molecule has 0 unspecified atom stereocenters. The molecule has 0 radical (unpaired) electrons. The highest BCUT2D eigenvalue weighted by molar-refractivity contribution is 5.96. The zero-order valence-corrected chi connectivity index (χ0v) is 12.3. The van der Waals surface area contributed by atoms with Crippen LogP contribution >= 0.6 is 0 Å². The molecule has 1 aliphatic carbocycles. The van der Waals surface area contributed by atoms with Crippen molar-refractivity contribution in [1.82, 2.24) is 5.32 Å². The number of hydrogen-bond donors (Lipinski definition) is 2. The van der Waals surface area contributed by atoms with Gasteiger partial charge in [0.2, 0.25) is 0 Å². The first-order valence-electron chi connectivity index (χ1n) is 7.27. The summed E-state index contributed by atoms with van der Waals surface area (Å²) in [5, 5.41) is 11.6. The number of aliphatic carboxylic acids is 1. The van der Waals surface area contributed by atoms with Crippen molar-refractivity contribution < 1.29 is 19.4 Å². The first-order chi connectivity index (χ1) is 9.97. The average molecular weight is 291 g/mol. The number of carboxylic acids is 1. The van der Waals surface area contributed by atoms with Crippen molar-refractivity contribution in [3.05, 3.63) is 29.8 Å². The SMILES string of the molecule is CC(C)[C@H](NC(=O)c1ccc(OC2CCC2)cc1)C(=O)O. The molecule has 1 saturated carbocycles. The lowest BCUT2D eigenvalue weighted by molar-refractivity contribution is -0.140. The van der Waals surface area contributed by atoms with Crippen molar-refractivity contribution in [2.24, 2.45) is 5.92 Å². The van der Waals surface area contributed by atoms with Gasteiger partial charge in [0.15, 0.2) is 0 Å². The largest absolute Gasteiger partial charge is 0.490 e. The fraction of sp³-hybridized carbons (Fsp3) is 0.500. The number of benzene rings is 1. The first kappa shape index (κ1) is 15.4. The van der Waals surface area contributed by atoms with E-state index in [2.05, 4.69) is 5.32 Å². The van der Waals surface area contributed by atoms with Gasteiger partial charge in [-0.15, -0.1) is 0 Å². The molecule has 0 aromatic heterocycles. The third-order valence-electron chi connectivity index (χ3n) is 3.69. The van der Waals surface area contributed by atoms with Crippen LogP contribution in [0.5, 0.6) is 5.75 Å². The van der Waals surface area contributed by atoms with Crippen molar-refractivity contribution in [2.45, 2.75) is 45.3 Å². The third-order valence-corrected chi connectivity index (χ3v) is 3.69. The third kappa shape index (κ3) is 3.97. The molecule has 2 rings (SSSR count). The zero-order chi connectivity index (χ0) is 15.4. The van der Waals surface area contributed by atoms with Gasteiger partial charge in [-0.25, -0.2) is 4.79 Å². The summed E-state index contributed by atoms with van der Waals surface area (Å²) in [6, 6.07) is 5.92. The first-order valence-corrected chi connectivity index (χ1v) is 7.27. The lowest BCUT2D eigenvalue weighted by Crippen LogP contribution is -2.44. The summed E-state index contributed by atoms with van der Waals surface area (Å²) in [7, 11) is 0. The van der Waals surface area contributed by atoms with Gasteiger partial charge in [0.1, 0.15) is 11.8 Å². The van der Waals surface area contributed by atoms with Crippen LogP contribution in [-0.4, -0.2) is 29.1 Å². The molecule has 1 fully saturated rings.